The second kappa shape index (κ2) is 5.73. The number of halogens is 3. The van der Waals surface area contributed by atoms with Crippen LogP contribution in [-0.2, 0) is 0 Å². The molecule has 0 aromatic heterocycles. The van der Waals surface area contributed by atoms with Crippen molar-refractivity contribution in [1.82, 2.24) is 5.32 Å². The van der Waals surface area contributed by atoms with Gasteiger partial charge in [-0.3, -0.25) is 0 Å². The number of thioether (sulfide) groups is 1. The number of anilines is 1. The van der Waals surface area contributed by atoms with Gasteiger partial charge in [-0.1, -0.05) is 0 Å². The lowest BCUT2D eigenvalue weighted by atomic mass is 9.93. The highest BCUT2D eigenvalue weighted by atomic mass is 32.2. The van der Waals surface area contributed by atoms with Crippen LogP contribution in [0, 0.1) is 0 Å². The third kappa shape index (κ3) is 4.66. The molecule has 1 fully saturated rings. The Labute approximate surface area is 112 Å². The van der Waals surface area contributed by atoms with Crippen LogP contribution in [0.3, 0.4) is 0 Å². The molecule has 0 heterocycles. The Kier molecular flexibility index (Phi) is 4.24. The Hall–Kier alpha value is -1.37. The number of hydrogen-bond donors (Lipinski definition) is 2. The van der Waals surface area contributed by atoms with Gasteiger partial charge < -0.3 is 10.6 Å². The van der Waals surface area contributed by atoms with E-state index in [2.05, 4.69) is 10.6 Å². The largest absolute Gasteiger partial charge is 0.446 e. The van der Waals surface area contributed by atoms with Crippen molar-refractivity contribution < 1.29 is 18.0 Å². The molecule has 1 aliphatic carbocycles. The molecule has 1 aromatic rings. The molecule has 1 saturated carbocycles. The third-order valence-corrected chi connectivity index (χ3v) is 3.53. The van der Waals surface area contributed by atoms with Gasteiger partial charge in [0.2, 0.25) is 0 Å². The summed E-state index contributed by atoms with van der Waals surface area (Å²) in [6.45, 7) is 0. The van der Waals surface area contributed by atoms with Crippen molar-refractivity contribution >= 4 is 23.5 Å². The van der Waals surface area contributed by atoms with E-state index in [1.54, 1.807) is 0 Å². The van der Waals surface area contributed by atoms with Gasteiger partial charge in [-0.15, -0.1) is 0 Å². The molecule has 1 aromatic carbocycles. The summed E-state index contributed by atoms with van der Waals surface area (Å²) in [6, 6.07) is 5.47. The van der Waals surface area contributed by atoms with Gasteiger partial charge in [0.05, 0.1) is 0 Å². The standard InChI is InChI=1S/C12H13F3N2OS/c13-12(14,15)19-10-6-4-9(5-7-10)17-11(18)16-8-2-1-3-8/h4-8H,1-3H2,(H2,16,17,18). The van der Waals surface area contributed by atoms with Gasteiger partial charge in [-0.05, 0) is 55.3 Å². The van der Waals surface area contributed by atoms with Gasteiger partial charge in [0, 0.05) is 16.6 Å². The molecule has 0 unspecified atom stereocenters. The van der Waals surface area contributed by atoms with Gasteiger partial charge in [0.25, 0.3) is 0 Å². The second-order valence-corrected chi connectivity index (χ2v) is 5.44. The van der Waals surface area contributed by atoms with Crippen LogP contribution in [0.2, 0.25) is 0 Å². The van der Waals surface area contributed by atoms with Crippen molar-refractivity contribution in [3.63, 3.8) is 0 Å². The van der Waals surface area contributed by atoms with Crippen LogP contribution in [0.25, 0.3) is 0 Å². The summed E-state index contributed by atoms with van der Waals surface area (Å²) in [5.41, 5.74) is -3.82. The minimum atomic E-state index is -4.30. The first-order valence-electron chi connectivity index (χ1n) is 5.86. The first kappa shape index (κ1) is 14.0. The maximum atomic E-state index is 12.1. The van der Waals surface area contributed by atoms with E-state index in [0.29, 0.717) is 5.69 Å². The smallest absolute Gasteiger partial charge is 0.335 e. The van der Waals surface area contributed by atoms with Gasteiger partial charge in [0.15, 0.2) is 0 Å². The lowest BCUT2D eigenvalue weighted by molar-refractivity contribution is -0.0328. The van der Waals surface area contributed by atoms with E-state index in [9.17, 15) is 18.0 Å². The molecule has 104 valence electrons. The number of carbonyl (C=O) groups excluding carboxylic acids is 1. The Balaban J connectivity index is 1.85. The molecule has 0 saturated heterocycles. The SMILES string of the molecule is O=C(Nc1ccc(SC(F)(F)F)cc1)NC1CCC1. The van der Waals surface area contributed by atoms with Crippen LogP contribution in [0.15, 0.2) is 29.2 Å². The Morgan fingerprint density at radius 1 is 1.21 bits per heavy atom. The van der Waals surface area contributed by atoms with E-state index in [1.165, 1.54) is 24.3 Å². The summed E-state index contributed by atoms with van der Waals surface area (Å²) in [4.78, 5) is 11.6. The van der Waals surface area contributed by atoms with Crippen molar-refractivity contribution in [3.05, 3.63) is 24.3 Å². The van der Waals surface area contributed by atoms with Crippen molar-refractivity contribution in [2.24, 2.45) is 0 Å². The molecule has 19 heavy (non-hydrogen) atoms. The zero-order chi connectivity index (χ0) is 13.9. The number of amides is 2. The van der Waals surface area contributed by atoms with Crippen molar-refractivity contribution in [1.29, 1.82) is 0 Å². The lowest BCUT2D eigenvalue weighted by Gasteiger charge is -2.26. The molecule has 1 aliphatic rings. The number of benzene rings is 1. The Morgan fingerprint density at radius 2 is 1.84 bits per heavy atom. The highest BCUT2D eigenvalue weighted by Crippen LogP contribution is 2.37. The highest BCUT2D eigenvalue weighted by molar-refractivity contribution is 8.00. The molecule has 0 aliphatic heterocycles. The molecular weight excluding hydrogens is 277 g/mol. The number of rotatable bonds is 3. The minimum absolute atomic E-state index is 0.0949. The molecule has 7 heteroatoms. The molecule has 2 amide bonds. The lowest BCUT2D eigenvalue weighted by Crippen LogP contribution is -2.41. The van der Waals surface area contributed by atoms with Gasteiger partial charge in [-0.25, -0.2) is 4.79 Å². The van der Waals surface area contributed by atoms with Crippen LogP contribution in [0.4, 0.5) is 23.7 Å². The molecule has 0 bridgehead atoms. The van der Waals surface area contributed by atoms with Crippen LogP contribution >= 0.6 is 11.8 Å². The van der Waals surface area contributed by atoms with E-state index >= 15 is 0 Å². The molecule has 0 atom stereocenters. The molecular formula is C12H13F3N2OS. The number of carbonyl (C=O) groups is 1. The maximum Gasteiger partial charge on any atom is 0.446 e. The zero-order valence-electron chi connectivity index (χ0n) is 9.96. The first-order chi connectivity index (χ1) is 8.92. The first-order valence-corrected chi connectivity index (χ1v) is 6.67. The predicted octanol–water partition coefficient (Wildman–Crippen LogP) is 3.97. The van der Waals surface area contributed by atoms with Crippen molar-refractivity contribution in [2.75, 3.05) is 5.32 Å². The van der Waals surface area contributed by atoms with Gasteiger partial charge >= 0.3 is 11.5 Å². The van der Waals surface area contributed by atoms with Crippen molar-refractivity contribution in [2.45, 2.75) is 35.7 Å². The van der Waals surface area contributed by atoms with Crippen molar-refractivity contribution in [3.8, 4) is 0 Å². The van der Waals surface area contributed by atoms with E-state index in [4.69, 9.17) is 0 Å². The quantitative estimate of drug-likeness (QED) is 0.827. The molecule has 0 radical (unpaired) electrons. The molecule has 0 spiro atoms. The Morgan fingerprint density at radius 3 is 2.32 bits per heavy atom. The zero-order valence-corrected chi connectivity index (χ0v) is 10.8. The predicted molar refractivity (Wildman–Crippen MR) is 68.1 cm³/mol. The Bertz CT molecular complexity index is 443. The monoisotopic (exact) mass is 290 g/mol. The van der Waals surface area contributed by atoms with Gasteiger partial charge in [0.1, 0.15) is 0 Å². The topological polar surface area (TPSA) is 41.1 Å². The average molecular weight is 290 g/mol. The van der Waals surface area contributed by atoms with E-state index in [-0.39, 0.29) is 28.7 Å². The van der Waals surface area contributed by atoms with E-state index in [1.807, 2.05) is 0 Å². The van der Waals surface area contributed by atoms with Crippen LogP contribution in [-0.4, -0.2) is 17.6 Å². The third-order valence-electron chi connectivity index (χ3n) is 2.79. The summed E-state index contributed by atoms with van der Waals surface area (Å²) >= 11 is -0.177. The fourth-order valence-electron chi connectivity index (χ4n) is 1.65. The van der Waals surface area contributed by atoms with Crippen LogP contribution < -0.4 is 10.6 Å². The summed E-state index contributed by atoms with van der Waals surface area (Å²) in [6.07, 6.45) is 3.08. The average Bonchev–Trinajstić information content (AvgIpc) is 2.24. The molecule has 3 nitrogen and oxygen atoms in total. The molecule has 2 N–H and O–H groups in total. The van der Waals surface area contributed by atoms with Crippen LogP contribution in [0.1, 0.15) is 19.3 Å². The summed E-state index contributed by atoms with van der Waals surface area (Å²) < 4.78 is 36.4. The fraction of sp³-hybridized carbons (Fsp3) is 0.417. The molecule has 2 rings (SSSR count). The second-order valence-electron chi connectivity index (χ2n) is 4.30. The fourth-order valence-corrected chi connectivity index (χ4v) is 2.18. The summed E-state index contributed by atoms with van der Waals surface area (Å²) in [5, 5.41) is 5.37. The van der Waals surface area contributed by atoms with E-state index in [0.717, 1.165) is 19.3 Å². The summed E-state index contributed by atoms with van der Waals surface area (Å²) in [5.74, 6) is 0. The summed E-state index contributed by atoms with van der Waals surface area (Å²) in [7, 11) is 0. The number of urea groups is 1. The van der Waals surface area contributed by atoms with E-state index < -0.39 is 5.51 Å². The highest BCUT2D eigenvalue weighted by Gasteiger charge is 2.29. The number of hydrogen-bond acceptors (Lipinski definition) is 2. The van der Waals surface area contributed by atoms with Gasteiger partial charge in [-0.2, -0.15) is 13.2 Å². The number of nitrogens with one attached hydrogen (secondary N) is 2. The maximum absolute atomic E-state index is 12.1. The number of alkyl halides is 3. The van der Waals surface area contributed by atoms with Crippen LogP contribution in [0.5, 0.6) is 0 Å². The normalized spacial score (nSPS) is 15.7. The minimum Gasteiger partial charge on any atom is -0.335 e.